The molecule has 0 unspecified atom stereocenters. The Hall–Kier alpha value is -2.43. The SMILES string of the molecule is C/C=C1/C(CCCNC(=O)CC)=CC2=C(CCCN(C3CCCCC3)C2=O)C1=NC.C=C. The molecule has 5 nitrogen and oxygen atoms in total. The van der Waals surface area contributed by atoms with Gasteiger partial charge in [0.1, 0.15) is 0 Å². The summed E-state index contributed by atoms with van der Waals surface area (Å²) in [5, 5.41) is 2.95. The minimum Gasteiger partial charge on any atom is -0.356 e. The first-order valence-electron chi connectivity index (χ1n) is 12.3. The van der Waals surface area contributed by atoms with E-state index in [4.69, 9.17) is 0 Å². The van der Waals surface area contributed by atoms with Crippen LogP contribution in [0, 0.1) is 0 Å². The molecule has 0 aromatic carbocycles. The standard InChI is InChI=1S/C25H37N3O2.C2H4/c1-4-20-18(11-9-15-27-23(29)5-2)17-22-21(24(20)26-3)14-10-16-28(25(22)30)19-12-7-6-8-13-19;1-2/h4,17,19H,5-16H2,1-3H3,(H,27,29);1-2H2/b20-4-,26-24?;. The number of carbonyl (C=O) groups is 2. The molecule has 3 rings (SSSR count). The minimum absolute atomic E-state index is 0.0850. The fourth-order valence-electron chi connectivity index (χ4n) is 5.06. The van der Waals surface area contributed by atoms with E-state index in [9.17, 15) is 9.59 Å². The second kappa shape index (κ2) is 13.2. The van der Waals surface area contributed by atoms with Crippen molar-refractivity contribution >= 4 is 17.5 Å². The van der Waals surface area contributed by atoms with Crippen LogP contribution in [0.1, 0.15) is 78.1 Å². The molecule has 1 N–H and O–H groups in total. The number of nitrogens with one attached hydrogen (secondary N) is 1. The minimum atomic E-state index is 0.0850. The average Bonchev–Trinajstić information content (AvgIpc) is 3.01. The first kappa shape index (κ1) is 25.8. The molecular formula is C27H41N3O2. The van der Waals surface area contributed by atoms with Gasteiger partial charge >= 0.3 is 0 Å². The van der Waals surface area contributed by atoms with Gasteiger partial charge in [-0.05, 0) is 68.2 Å². The van der Waals surface area contributed by atoms with Crippen LogP contribution >= 0.6 is 0 Å². The Morgan fingerprint density at radius 2 is 1.97 bits per heavy atom. The largest absolute Gasteiger partial charge is 0.356 e. The second-order valence-electron chi connectivity index (χ2n) is 8.54. The highest BCUT2D eigenvalue weighted by atomic mass is 16.2. The molecule has 5 heteroatoms. The summed E-state index contributed by atoms with van der Waals surface area (Å²) in [4.78, 5) is 31.9. The van der Waals surface area contributed by atoms with Crippen molar-refractivity contribution in [3.63, 3.8) is 0 Å². The van der Waals surface area contributed by atoms with Gasteiger partial charge in [-0.15, -0.1) is 13.2 Å². The Labute approximate surface area is 194 Å². The lowest BCUT2D eigenvalue weighted by molar-refractivity contribution is -0.129. The predicted octanol–water partition coefficient (Wildman–Crippen LogP) is 5.30. The zero-order chi connectivity index (χ0) is 23.5. The Bertz CT molecular complexity index is 798. The van der Waals surface area contributed by atoms with Gasteiger partial charge in [0.15, 0.2) is 0 Å². The van der Waals surface area contributed by atoms with E-state index in [1.807, 2.05) is 20.9 Å². The van der Waals surface area contributed by atoms with Crippen LogP contribution < -0.4 is 5.32 Å². The number of nitrogens with zero attached hydrogens (tertiary/aromatic N) is 2. The molecule has 0 atom stereocenters. The zero-order valence-electron chi connectivity index (χ0n) is 20.3. The van der Waals surface area contributed by atoms with E-state index in [1.165, 1.54) is 24.8 Å². The molecule has 0 aromatic heterocycles. The number of carbonyl (C=O) groups excluding carboxylic acids is 2. The molecule has 0 spiro atoms. The molecule has 1 fully saturated rings. The lowest BCUT2D eigenvalue weighted by Crippen LogP contribution is -2.42. The Kier molecular flexibility index (Phi) is 10.6. The molecule has 1 aliphatic heterocycles. The topological polar surface area (TPSA) is 61.8 Å². The maximum atomic E-state index is 13.6. The number of rotatable bonds is 6. The lowest BCUT2D eigenvalue weighted by Gasteiger charge is -2.34. The van der Waals surface area contributed by atoms with Crippen LogP contribution in [0.15, 0.2) is 52.6 Å². The number of allylic oxidation sites excluding steroid dienone is 4. The van der Waals surface area contributed by atoms with Crippen molar-refractivity contribution in [3.05, 3.63) is 47.6 Å². The Morgan fingerprint density at radius 3 is 2.59 bits per heavy atom. The maximum Gasteiger partial charge on any atom is 0.254 e. The molecule has 2 amide bonds. The van der Waals surface area contributed by atoms with Crippen LogP contribution in [0.25, 0.3) is 0 Å². The predicted molar refractivity (Wildman–Crippen MR) is 134 cm³/mol. The molecule has 0 aromatic rings. The summed E-state index contributed by atoms with van der Waals surface area (Å²) in [6.07, 6.45) is 14.4. The summed E-state index contributed by atoms with van der Waals surface area (Å²) in [5.74, 6) is 0.282. The Morgan fingerprint density at radius 1 is 1.25 bits per heavy atom. The fourth-order valence-corrected chi connectivity index (χ4v) is 5.06. The summed E-state index contributed by atoms with van der Waals surface area (Å²) in [6, 6.07) is 0.393. The third-order valence-corrected chi connectivity index (χ3v) is 6.64. The quantitative estimate of drug-likeness (QED) is 0.451. The fraction of sp³-hybridized carbons (Fsp3) is 0.593. The van der Waals surface area contributed by atoms with E-state index in [0.29, 0.717) is 19.0 Å². The summed E-state index contributed by atoms with van der Waals surface area (Å²) in [6.45, 7) is 11.4. The van der Waals surface area contributed by atoms with Gasteiger partial charge < -0.3 is 10.2 Å². The van der Waals surface area contributed by atoms with Crippen molar-refractivity contribution in [1.82, 2.24) is 10.2 Å². The highest BCUT2D eigenvalue weighted by Crippen LogP contribution is 2.36. The van der Waals surface area contributed by atoms with Gasteiger partial charge in [0.25, 0.3) is 5.91 Å². The van der Waals surface area contributed by atoms with Crippen molar-refractivity contribution in [2.45, 2.75) is 84.1 Å². The van der Waals surface area contributed by atoms with Crippen LogP contribution in [0.5, 0.6) is 0 Å². The highest BCUT2D eigenvalue weighted by Gasteiger charge is 2.34. The number of hydrogen-bond acceptors (Lipinski definition) is 3. The van der Waals surface area contributed by atoms with E-state index >= 15 is 0 Å². The van der Waals surface area contributed by atoms with Gasteiger partial charge in [-0.25, -0.2) is 0 Å². The van der Waals surface area contributed by atoms with Crippen LogP contribution in [-0.4, -0.2) is 48.6 Å². The van der Waals surface area contributed by atoms with E-state index < -0.39 is 0 Å². The van der Waals surface area contributed by atoms with Crippen molar-refractivity contribution < 1.29 is 9.59 Å². The van der Waals surface area contributed by atoms with Crippen molar-refractivity contribution in [3.8, 4) is 0 Å². The van der Waals surface area contributed by atoms with Gasteiger partial charge in [-0.2, -0.15) is 0 Å². The monoisotopic (exact) mass is 439 g/mol. The third-order valence-electron chi connectivity index (χ3n) is 6.64. The zero-order valence-corrected chi connectivity index (χ0v) is 20.3. The Balaban J connectivity index is 0.00000176. The van der Waals surface area contributed by atoms with Gasteiger partial charge in [0.2, 0.25) is 5.91 Å². The average molecular weight is 440 g/mol. The van der Waals surface area contributed by atoms with Crippen molar-refractivity contribution in [1.29, 1.82) is 0 Å². The van der Waals surface area contributed by atoms with Crippen molar-refractivity contribution in [2.75, 3.05) is 20.1 Å². The molecule has 3 aliphatic rings. The summed E-state index contributed by atoms with van der Waals surface area (Å²) in [5.41, 5.74) is 5.29. The van der Waals surface area contributed by atoms with Gasteiger partial charge in [-0.1, -0.05) is 32.3 Å². The van der Waals surface area contributed by atoms with Crippen LogP contribution in [-0.2, 0) is 9.59 Å². The van der Waals surface area contributed by atoms with Gasteiger partial charge in [0, 0.05) is 38.2 Å². The third kappa shape index (κ3) is 6.08. The summed E-state index contributed by atoms with van der Waals surface area (Å²) >= 11 is 0. The second-order valence-corrected chi connectivity index (χ2v) is 8.54. The molecule has 2 aliphatic carbocycles. The number of hydrogen-bond donors (Lipinski definition) is 1. The molecule has 32 heavy (non-hydrogen) atoms. The molecule has 0 radical (unpaired) electrons. The number of aliphatic imine (C=N–C) groups is 1. The summed E-state index contributed by atoms with van der Waals surface area (Å²) in [7, 11) is 1.84. The molecular weight excluding hydrogens is 398 g/mol. The molecule has 1 heterocycles. The molecule has 0 bridgehead atoms. The molecule has 176 valence electrons. The molecule has 0 saturated heterocycles. The maximum absolute atomic E-state index is 13.6. The smallest absolute Gasteiger partial charge is 0.254 e. The van der Waals surface area contributed by atoms with Gasteiger partial charge in [0.05, 0.1) is 5.71 Å². The van der Waals surface area contributed by atoms with Crippen LogP contribution in [0.4, 0.5) is 0 Å². The van der Waals surface area contributed by atoms with Crippen LogP contribution in [0.3, 0.4) is 0 Å². The van der Waals surface area contributed by atoms with E-state index in [1.54, 1.807) is 0 Å². The van der Waals surface area contributed by atoms with Crippen LogP contribution in [0.2, 0.25) is 0 Å². The highest BCUT2D eigenvalue weighted by molar-refractivity contribution is 6.21. The molecule has 1 saturated carbocycles. The first-order valence-corrected chi connectivity index (χ1v) is 12.3. The lowest BCUT2D eigenvalue weighted by atomic mass is 9.82. The normalized spacial score (nSPS) is 22.2. The van der Waals surface area contributed by atoms with E-state index in [0.717, 1.165) is 67.5 Å². The first-order chi connectivity index (χ1) is 15.6. The number of amides is 2. The summed E-state index contributed by atoms with van der Waals surface area (Å²) < 4.78 is 0. The van der Waals surface area contributed by atoms with E-state index in [2.05, 4.69) is 40.5 Å². The van der Waals surface area contributed by atoms with E-state index in [-0.39, 0.29) is 11.8 Å². The van der Waals surface area contributed by atoms with Gasteiger partial charge in [-0.3, -0.25) is 14.6 Å². The van der Waals surface area contributed by atoms with Crippen molar-refractivity contribution in [2.24, 2.45) is 4.99 Å².